The number of rotatable bonds is 2. The molecule has 2 N–H and O–H groups in total. The third-order valence-electron chi connectivity index (χ3n) is 3.96. The summed E-state index contributed by atoms with van der Waals surface area (Å²) in [6, 6.07) is 15.1. The van der Waals surface area contributed by atoms with Crippen LogP contribution in [0.5, 0.6) is 5.75 Å². The molecule has 2 aromatic carbocycles. The Labute approximate surface area is 128 Å². The highest BCUT2D eigenvalue weighted by Crippen LogP contribution is 2.44. The first kappa shape index (κ1) is 12.9. The molecule has 1 amide bonds. The molecule has 0 aliphatic carbocycles. The number of fused-ring (bicyclic) bond motifs is 3. The molecule has 0 saturated heterocycles. The molecule has 0 unspecified atom stereocenters. The molecule has 1 atom stereocenters. The van der Waals surface area contributed by atoms with Crippen molar-refractivity contribution in [3.8, 4) is 5.75 Å². The molecule has 0 saturated carbocycles. The normalized spacial score (nSPS) is 21.8. The van der Waals surface area contributed by atoms with E-state index in [9.17, 15) is 4.79 Å². The van der Waals surface area contributed by atoms with Gasteiger partial charge in [0.25, 0.3) is 11.6 Å². The Balaban J connectivity index is 1.86. The lowest BCUT2D eigenvalue weighted by Crippen LogP contribution is -2.58. The fourth-order valence-electron chi connectivity index (χ4n) is 2.96. The number of nitrogens with one attached hydrogen (secondary N) is 2. The molecule has 5 heteroatoms. The van der Waals surface area contributed by atoms with Gasteiger partial charge in [-0.05, 0) is 18.2 Å². The van der Waals surface area contributed by atoms with E-state index in [1.165, 1.54) is 0 Å². The van der Waals surface area contributed by atoms with Gasteiger partial charge in [0.15, 0.2) is 0 Å². The number of amides is 1. The lowest BCUT2D eigenvalue weighted by Gasteiger charge is -2.35. The van der Waals surface area contributed by atoms with Crippen molar-refractivity contribution < 1.29 is 9.53 Å². The molecule has 2 heterocycles. The largest absolute Gasteiger partial charge is 0.455 e. The van der Waals surface area contributed by atoms with Crippen LogP contribution in [0.3, 0.4) is 0 Å². The molecular formula is C17H15N3O2. The van der Waals surface area contributed by atoms with E-state index in [1.807, 2.05) is 48.5 Å². The highest BCUT2D eigenvalue weighted by molar-refractivity contribution is 6.07. The van der Waals surface area contributed by atoms with Crippen molar-refractivity contribution in [3.05, 3.63) is 66.7 Å². The first-order valence-corrected chi connectivity index (χ1v) is 7.10. The van der Waals surface area contributed by atoms with Crippen molar-refractivity contribution in [1.82, 2.24) is 5.43 Å². The third kappa shape index (κ3) is 1.60. The standard InChI is InChI=1S/C17H15N3O2/c1-2-11-20-14-9-5-3-7-12(14)17(16(20)21)19-18-13-8-4-6-10-15(13)22-17/h2-10,18-19H,1,11H2/t17-/m1/s1. The molecule has 0 radical (unpaired) electrons. The van der Waals surface area contributed by atoms with Crippen LogP contribution >= 0.6 is 0 Å². The van der Waals surface area contributed by atoms with Gasteiger partial charge in [0.2, 0.25) is 0 Å². The minimum absolute atomic E-state index is 0.157. The number of para-hydroxylation sites is 3. The summed E-state index contributed by atoms with van der Waals surface area (Å²) in [5, 5.41) is 0. The minimum Gasteiger partial charge on any atom is -0.455 e. The second-order valence-corrected chi connectivity index (χ2v) is 5.25. The SMILES string of the molecule is C=CCN1C(=O)[C@@]2(NNc3ccccc3O2)c2ccccc21. The lowest BCUT2D eigenvalue weighted by atomic mass is 10.0. The fourth-order valence-corrected chi connectivity index (χ4v) is 2.96. The van der Waals surface area contributed by atoms with Gasteiger partial charge in [-0.15, -0.1) is 6.58 Å². The quantitative estimate of drug-likeness (QED) is 0.835. The van der Waals surface area contributed by atoms with Crippen LogP contribution in [0.25, 0.3) is 0 Å². The molecule has 4 rings (SSSR count). The fraction of sp³-hybridized carbons (Fsp3) is 0.118. The number of ether oxygens (including phenoxy) is 1. The topological polar surface area (TPSA) is 53.6 Å². The van der Waals surface area contributed by atoms with E-state index in [2.05, 4.69) is 17.4 Å². The molecule has 1 spiro atoms. The van der Waals surface area contributed by atoms with E-state index in [1.54, 1.807) is 11.0 Å². The molecule has 22 heavy (non-hydrogen) atoms. The van der Waals surface area contributed by atoms with Gasteiger partial charge in [-0.25, -0.2) is 0 Å². The minimum atomic E-state index is -1.24. The third-order valence-corrected chi connectivity index (χ3v) is 3.96. The number of hydrogen-bond donors (Lipinski definition) is 2. The first-order chi connectivity index (χ1) is 10.8. The molecule has 110 valence electrons. The summed E-state index contributed by atoms with van der Waals surface area (Å²) in [7, 11) is 0. The van der Waals surface area contributed by atoms with Crippen LogP contribution in [0, 0.1) is 0 Å². The Morgan fingerprint density at radius 3 is 2.82 bits per heavy atom. The molecular weight excluding hydrogens is 278 g/mol. The van der Waals surface area contributed by atoms with Gasteiger partial charge in [0.1, 0.15) is 5.75 Å². The molecule has 2 aromatic rings. The van der Waals surface area contributed by atoms with Gasteiger partial charge in [0, 0.05) is 12.1 Å². The van der Waals surface area contributed by atoms with Gasteiger partial charge >= 0.3 is 0 Å². The Kier molecular flexibility index (Phi) is 2.71. The maximum Gasteiger partial charge on any atom is 0.293 e. The summed E-state index contributed by atoms with van der Waals surface area (Å²) in [5.41, 5.74) is 7.32. The van der Waals surface area contributed by atoms with Crippen molar-refractivity contribution in [2.24, 2.45) is 0 Å². The van der Waals surface area contributed by atoms with Crippen molar-refractivity contribution in [2.75, 3.05) is 16.9 Å². The van der Waals surface area contributed by atoms with E-state index in [4.69, 9.17) is 4.74 Å². The van der Waals surface area contributed by atoms with Crippen molar-refractivity contribution in [3.63, 3.8) is 0 Å². The van der Waals surface area contributed by atoms with Gasteiger partial charge in [-0.2, -0.15) is 5.43 Å². The van der Waals surface area contributed by atoms with Crippen molar-refractivity contribution in [1.29, 1.82) is 0 Å². The van der Waals surface area contributed by atoms with E-state index in [0.29, 0.717) is 12.3 Å². The second kappa shape index (κ2) is 4.61. The van der Waals surface area contributed by atoms with Gasteiger partial charge < -0.3 is 15.1 Å². The Hall–Kier alpha value is -2.79. The van der Waals surface area contributed by atoms with Gasteiger partial charge in [-0.1, -0.05) is 36.4 Å². The zero-order valence-corrected chi connectivity index (χ0v) is 11.9. The maximum absolute atomic E-state index is 13.0. The van der Waals surface area contributed by atoms with E-state index < -0.39 is 5.72 Å². The summed E-state index contributed by atoms with van der Waals surface area (Å²) in [6.45, 7) is 4.17. The molecule has 5 nitrogen and oxygen atoms in total. The number of carbonyl (C=O) groups excluding carboxylic acids is 1. The maximum atomic E-state index is 13.0. The average molecular weight is 293 g/mol. The van der Waals surface area contributed by atoms with Crippen LogP contribution in [-0.2, 0) is 10.5 Å². The zero-order chi connectivity index (χ0) is 15.2. The van der Waals surface area contributed by atoms with E-state index >= 15 is 0 Å². The Morgan fingerprint density at radius 1 is 1.18 bits per heavy atom. The monoisotopic (exact) mass is 293 g/mol. The van der Waals surface area contributed by atoms with Gasteiger partial charge in [0.05, 0.1) is 11.4 Å². The summed E-state index contributed by atoms with van der Waals surface area (Å²) >= 11 is 0. The van der Waals surface area contributed by atoms with Crippen LogP contribution in [0.2, 0.25) is 0 Å². The zero-order valence-electron chi connectivity index (χ0n) is 11.9. The number of hydrogen-bond acceptors (Lipinski definition) is 4. The first-order valence-electron chi connectivity index (χ1n) is 7.10. The second-order valence-electron chi connectivity index (χ2n) is 5.25. The predicted octanol–water partition coefficient (Wildman–Crippen LogP) is 2.38. The Bertz CT molecular complexity index is 774. The Morgan fingerprint density at radius 2 is 1.95 bits per heavy atom. The molecule has 0 bridgehead atoms. The lowest BCUT2D eigenvalue weighted by molar-refractivity contribution is -0.136. The number of carbonyl (C=O) groups is 1. The van der Waals surface area contributed by atoms with Crippen LogP contribution in [0.1, 0.15) is 5.56 Å². The summed E-state index contributed by atoms with van der Waals surface area (Å²) < 4.78 is 6.10. The van der Waals surface area contributed by atoms with Gasteiger partial charge in [-0.3, -0.25) is 4.79 Å². The molecule has 2 aliphatic rings. The van der Waals surface area contributed by atoms with Crippen LogP contribution in [0.4, 0.5) is 11.4 Å². The van der Waals surface area contributed by atoms with E-state index in [-0.39, 0.29) is 5.91 Å². The molecule has 0 aromatic heterocycles. The highest BCUT2D eigenvalue weighted by Gasteiger charge is 2.55. The van der Waals surface area contributed by atoms with Crippen molar-refractivity contribution >= 4 is 17.3 Å². The summed E-state index contributed by atoms with van der Waals surface area (Å²) in [6.07, 6.45) is 1.71. The summed E-state index contributed by atoms with van der Waals surface area (Å²) in [4.78, 5) is 14.7. The highest BCUT2D eigenvalue weighted by atomic mass is 16.5. The number of nitrogens with zero attached hydrogens (tertiary/aromatic N) is 1. The average Bonchev–Trinajstić information content (AvgIpc) is 2.78. The smallest absolute Gasteiger partial charge is 0.293 e. The van der Waals surface area contributed by atoms with E-state index in [0.717, 1.165) is 16.9 Å². The van der Waals surface area contributed by atoms with Crippen LogP contribution in [0.15, 0.2) is 61.2 Å². The number of hydrazine groups is 1. The number of benzene rings is 2. The summed E-state index contributed by atoms with van der Waals surface area (Å²) in [5.74, 6) is 0.487. The van der Waals surface area contributed by atoms with Crippen LogP contribution < -0.4 is 20.5 Å². The number of anilines is 2. The molecule has 2 aliphatic heterocycles. The van der Waals surface area contributed by atoms with Crippen molar-refractivity contribution in [2.45, 2.75) is 5.72 Å². The predicted molar refractivity (Wildman–Crippen MR) is 84.5 cm³/mol. The van der Waals surface area contributed by atoms with Crippen LogP contribution in [-0.4, -0.2) is 12.5 Å². The molecule has 0 fully saturated rings.